The Morgan fingerprint density at radius 1 is 1.11 bits per heavy atom. The summed E-state index contributed by atoms with van der Waals surface area (Å²) in [5.41, 5.74) is -0.556. The van der Waals surface area contributed by atoms with Gasteiger partial charge in [0.25, 0.3) is 0 Å². The van der Waals surface area contributed by atoms with Crippen molar-refractivity contribution in [3.63, 3.8) is 0 Å². The Labute approximate surface area is 207 Å². The third-order valence-corrected chi connectivity index (χ3v) is 6.59. The number of phenolic OH excluding ortho intramolecular Hbond substituents is 1. The van der Waals surface area contributed by atoms with E-state index in [2.05, 4.69) is 0 Å². The Kier molecular flexibility index (Phi) is 9.60. The normalized spacial score (nSPS) is 35.1. The molecular formula is C25H32O11. The average Bonchev–Trinajstić information content (AvgIpc) is 2.88. The molecule has 1 saturated heterocycles. The van der Waals surface area contributed by atoms with Crippen LogP contribution in [0, 0.1) is 11.3 Å². The molecule has 1 aliphatic carbocycles. The van der Waals surface area contributed by atoms with E-state index in [0.29, 0.717) is 18.3 Å². The monoisotopic (exact) mass is 508 g/mol. The number of phenols is 1. The van der Waals surface area contributed by atoms with Gasteiger partial charge in [-0.3, -0.25) is 0 Å². The standard InChI is InChI=1S/C25H32O11/c26-12-18-21(31)22(32)23(33)24(36-18)34-10-9-25(14-27)8-7-16(11-19(25)29)13-35-20(30)6-3-15-1-4-17(28)5-2-15/h1-6,9-10,14,16,18-19,21-24,26,28-29,31-33H,7-8,11-13H2. The summed E-state index contributed by atoms with van der Waals surface area (Å²) < 4.78 is 15.8. The zero-order chi connectivity index (χ0) is 26.3. The first-order valence-corrected chi connectivity index (χ1v) is 11.6. The number of carbonyl (C=O) groups is 2. The van der Waals surface area contributed by atoms with Crippen molar-refractivity contribution in [3.05, 3.63) is 48.2 Å². The van der Waals surface area contributed by atoms with Gasteiger partial charge >= 0.3 is 5.97 Å². The molecule has 198 valence electrons. The fourth-order valence-electron chi connectivity index (χ4n) is 4.22. The number of aliphatic hydroxyl groups is 5. The lowest BCUT2D eigenvalue weighted by Gasteiger charge is -2.40. The summed E-state index contributed by atoms with van der Waals surface area (Å²) in [4.78, 5) is 23.9. The second kappa shape index (κ2) is 12.4. The molecule has 1 saturated carbocycles. The Morgan fingerprint density at radius 2 is 1.83 bits per heavy atom. The maximum absolute atomic E-state index is 12.0. The van der Waals surface area contributed by atoms with Gasteiger partial charge in [0.2, 0.25) is 6.29 Å². The molecule has 1 heterocycles. The number of carbonyl (C=O) groups excluding carboxylic acids is 2. The van der Waals surface area contributed by atoms with Crippen LogP contribution in [0.4, 0.5) is 0 Å². The Morgan fingerprint density at radius 3 is 2.47 bits per heavy atom. The number of aromatic hydroxyl groups is 1. The van der Waals surface area contributed by atoms with Gasteiger partial charge in [-0.15, -0.1) is 0 Å². The fourth-order valence-corrected chi connectivity index (χ4v) is 4.22. The molecule has 11 heteroatoms. The molecule has 3 rings (SSSR count). The van der Waals surface area contributed by atoms with Crippen LogP contribution in [0.25, 0.3) is 6.08 Å². The average molecular weight is 509 g/mol. The summed E-state index contributed by atoms with van der Waals surface area (Å²) in [7, 11) is 0. The SMILES string of the molecule is O=CC1(C=COC2OC(CO)C(O)C(O)C2O)CCC(COC(=O)C=Cc2ccc(O)cc2)CC1O. The van der Waals surface area contributed by atoms with E-state index >= 15 is 0 Å². The number of rotatable bonds is 9. The third kappa shape index (κ3) is 6.69. The molecule has 11 nitrogen and oxygen atoms in total. The van der Waals surface area contributed by atoms with Gasteiger partial charge in [-0.25, -0.2) is 4.79 Å². The second-order valence-electron chi connectivity index (χ2n) is 9.08. The van der Waals surface area contributed by atoms with Crippen molar-refractivity contribution in [1.29, 1.82) is 0 Å². The Bertz CT molecular complexity index is 928. The highest BCUT2D eigenvalue weighted by Crippen LogP contribution is 2.39. The number of esters is 1. The predicted octanol–water partition coefficient (Wildman–Crippen LogP) is -0.375. The zero-order valence-corrected chi connectivity index (χ0v) is 19.5. The molecule has 8 unspecified atom stereocenters. The predicted molar refractivity (Wildman–Crippen MR) is 124 cm³/mol. The highest BCUT2D eigenvalue weighted by atomic mass is 16.7. The second-order valence-corrected chi connectivity index (χ2v) is 9.08. The van der Waals surface area contributed by atoms with E-state index < -0.39 is 54.8 Å². The van der Waals surface area contributed by atoms with E-state index in [0.717, 1.165) is 6.26 Å². The topological polar surface area (TPSA) is 183 Å². The van der Waals surface area contributed by atoms with Crippen molar-refractivity contribution in [2.45, 2.75) is 56.1 Å². The molecule has 0 radical (unpaired) electrons. The number of aldehydes is 1. The maximum atomic E-state index is 12.0. The highest BCUT2D eigenvalue weighted by Gasteiger charge is 2.45. The molecule has 2 aliphatic rings. The summed E-state index contributed by atoms with van der Waals surface area (Å²) in [5, 5.41) is 58.9. The van der Waals surface area contributed by atoms with Crippen molar-refractivity contribution in [1.82, 2.24) is 0 Å². The van der Waals surface area contributed by atoms with Crippen molar-refractivity contribution in [2.75, 3.05) is 13.2 Å². The van der Waals surface area contributed by atoms with Crippen molar-refractivity contribution in [3.8, 4) is 5.75 Å². The van der Waals surface area contributed by atoms with E-state index in [-0.39, 0.29) is 31.1 Å². The molecule has 2 fully saturated rings. The van der Waals surface area contributed by atoms with Crippen LogP contribution in [0.1, 0.15) is 24.8 Å². The van der Waals surface area contributed by atoms with Crippen LogP contribution in [-0.2, 0) is 23.8 Å². The van der Waals surface area contributed by atoms with E-state index in [9.17, 15) is 40.2 Å². The van der Waals surface area contributed by atoms with E-state index in [1.54, 1.807) is 18.2 Å². The maximum Gasteiger partial charge on any atom is 0.330 e. The number of hydrogen-bond acceptors (Lipinski definition) is 11. The van der Waals surface area contributed by atoms with Gasteiger partial charge in [-0.05, 0) is 55.0 Å². The minimum Gasteiger partial charge on any atom is -0.508 e. The molecule has 1 aliphatic heterocycles. The molecule has 0 amide bonds. The van der Waals surface area contributed by atoms with Crippen molar-refractivity contribution in [2.24, 2.45) is 11.3 Å². The quantitative estimate of drug-likeness (QED) is 0.111. The van der Waals surface area contributed by atoms with Gasteiger partial charge in [0.15, 0.2) is 0 Å². The minimum absolute atomic E-state index is 0.0653. The van der Waals surface area contributed by atoms with E-state index in [4.69, 9.17) is 14.2 Å². The molecule has 6 N–H and O–H groups in total. The van der Waals surface area contributed by atoms with Gasteiger partial charge in [0.1, 0.15) is 36.5 Å². The van der Waals surface area contributed by atoms with Crippen LogP contribution in [-0.4, -0.2) is 92.9 Å². The minimum atomic E-state index is -1.60. The fraction of sp³-hybridized carbons (Fsp3) is 0.520. The van der Waals surface area contributed by atoms with E-state index in [1.165, 1.54) is 24.3 Å². The number of ether oxygens (including phenoxy) is 3. The van der Waals surface area contributed by atoms with Crippen molar-refractivity contribution >= 4 is 18.3 Å². The molecule has 0 spiro atoms. The van der Waals surface area contributed by atoms with Crippen LogP contribution in [0.15, 0.2) is 42.7 Å². The lowest BCUT2D eigenvalue weighted by atomic mass is 9.69. The summed E-state index contributed by atoms with van der Waals surface area (Å²) in [6, 6.07) is 6.28. The largest absolute Gasteiger partial charge is 0.508 e. The molecule has 8 atom stereocenters. The molecular weight excluding hydrogens is 476 g/mol. The van der Waals surface area contributed by atoms with Gasteiger partial charge < -0.3 is 49.6 Å². The first-order valence-electron chi connectivity index (χ1n) is 11.6. The molecule has 1 aromatic rings. The number of benzene rings is 1. The van der Waals surface area contributed by atoms with Crippen LogP contribution in [0.3, 0.4) is 0 Å². The molecule has 1 aromatic carbocycles. The highest BCUT2D eigenvalue weighted by molar-refractivity contribution is 5.87. The molecule has 0 bridgehead atoms. The molecule has 0 aromatic heterocycles. The van der Waals surface area contributed by atoms with Crippen molar-refractivity contribution < 1.29 is 54.4 Å². The Hall–Kier alpha value is -2.80. The van der Waals surface area contributed by atoms with E-state index in [1.807, 2.05) is 0 Å². The summed E-state index contributed by atoms with van der Waals surface area (Å²) in [6.07, 6.45) is -1.59. The lowest BCUT2D eigenvalue weighted by molar-refractivity contribution is -0.288. The third-order valence-electron chi connectivity index (χ3n) is 6.59. The van der Waals surface area contributed by atoms with Gasteiger partial charge in [0.05, 0.1) is 31.0 Å². The first kappa shape index (κ1) is 27.8. The smallest absolute Gasteiger partial charge is 0.330 e. The lowest BCUT2D eigenvalue weighted by Crippen LogP contribution is -2.58. The van der Waals surface area contributed by atoms with Gasteiger partial charge in [-0.2, -0.15) is 0 Å². The zero-order valence-electron chi connectivity index (χ0n) is 19.5. The van der Waals surface area contributed by atoms with Gasteiger partial charge in [-0.1, -0.05) is 12.1 Å². The number of aliphatic hydroxyl groups excluding tert-OH is 5. The van der Waals surface area contributed by atoms with Crippen LogP contribution in [0.2, 0.25) is 0 Å². The first-order chi connectivity index (χ1) is 17.2. The summed E-state index contributed by atoms with van der Waals surface area (Å²) >= 11 is 0. The Balaban J connectivity index is 1.50. The van der Waals surface area contributed by atoms with Gasteiger partial charge in [0, 0.05) is 6.08 Å². The number of hydrogen-bond donors (Lipinski definition) is 6. The molecule has 36 heavy (non-hydrogen) atoms. The summed E-state index contributed by atoms with van der Waals surface area (Å²) in [5.74, 6) is -0.608. The van der Waals surface area contributed by atoms with Crippen LogP contribution >= 0.6 is 0 Å². The van der Waals surface area contributed by atoms with Crippen LogP contribution in [0.5, 0.6) is 5.75 Å². The van der Waals surface area contributed by atoms with Crippen LogP contribution < -0.4 is 0 Å². The summed E-state index contributed by atoms with van der Waals surface area (Å²) in [6.45, 7) is -0.542.